The second-order valence-corrected chi connectivity index (χ2v) is 3.15. The molecule has 0 heterocycles. The molecule has 4 heteroatoms. The number of hydrogen-bond acceptors (Lipinski definition) is 2. The van der Waals surface area contributed by atoms with Gasteiger partial charge in [-0.1, -0.05) is 11.2 Å². The molecule has 1 fully saturated rings. The normalized spacial score (nSPS) is 35.2. The maximum Gasteiger partial charge on any atom is 0.0634 e. The van der Waals surface area contributed by atoms with Crippen LogP contribution < -0.4 is 0 Å². The van der Waals surface area contributed by atoms with Crippen LogP contribution in [0.3, 0.4) is 0 Å². The van der Waals surface area contributed by atoms with E-state index in [-0.39, 0.29) is 6.04 Å². The van der Waals surface area contributed by atoms with Crippen molar-refractivity contribution in [3.63, 3.8) is 0 Å². The summed E-state index contributed by atoms with van der Waals surface area (Å²) in [4.78, 5) is 2.70. The quantitative estimate of drug-likeness (QED) is 0.290. The fourth-order valence-electron chi connectivity index (χ4n) is 1.58. The largest absolute Gasteiger partial charge is 0.393 e. The van der Waals surface area contributed by atoms with Gasteiger partial charge in [0.1, 0.15) is 0 Å². The third-order valence-electron chi connectivity index (χ3n) is 2.35. The van der Waals surface area contributed by atoms with Crippen LogP contribution in [0.2, 0.25) is 0 Å². The number of allylic oxidation sites excluding steroid dienone is 1. The van der Waals surface area contributed by atoms with Crippen molar-refractivity contribution in [2.24, 2.45) is 11.0 Å². The summed E-state index contributed by atoms with van der Waals surface area (Å²) in [7, 11) is 0. The summed E-state index contributed by atoms with van der Waals surface area (Å²) in [5.41, 5.74) is 8.19. The van der Waals surface area contributed by atoms with E-state index in [1.165, 1.54) is 0 Å². The summed E-state index contributed by atoms with van der Waals surface area (Å²) < 4.78 is 0. The molecule has 0 aliphatic heterocycles. The summed E-state index contributed by atoms with van der Waals surface area (Å²) >= 11 is 0. The lowest BCUT2D eigenvalue weighted by Gasteiger charge is -2.28. The highest BCUT2D eigenvalue weighted by molar-refractivity contribution is 4.91. The maximum atomic E-state index is 9.49. The van der Waals surface area contributed by atoms with Crippen LogP contribution in [-0.2, 0) is 0 Å². The molecule has 0 amide bonds. The molecule has 1 N–H and O–H groups in total. The van der Waals surface area contributed by atoms with Gasteiger partial charge in [0, 0.05) is 4.91 Å². The topological polar surface area (TPSA) is 69.0 Å². The molecule has 4 nitrogen and oxygen atoms in total. The van der Waals surface area contributed by atoms with E-state index in [1.807, 2.05) is 6.08 Å². The van der Waals surface area contributed by atoms with Gasteiger partial charge in [-0.2, -0.15) is 0 Å². The lowest BCUT2D eigenvalue weighted by molar-refractivity contribution is 0.0923. The van der Waals surface area contributed by atoms with Crippen LogP contribution >= 0.6 is 0 Å². The van der Waals surface area contributed by atoms with Crippen molar-refractivity contribution in [3.05, 3.63) is 23.1 Å². The predicted molar refractivity (Wildman–Crippen MR) is 46.5 cm³/mol. The van der Waals surface area contributed by atoms with E-state index < -0.39 is 6.10 Å². The first-order valence-electron chi connectivity index (χ1n) is 4.12. The molecule has 1 rings (SSSR count). The standard InChI is InChI=1S/C8H13N3O/c1-2-6-3-4-7(10-11-9)8(12)5-6/h2,6-8,12H,1,3-5H2. The van der Waals surface area contributed by atoms with Gasteiger partial charge in [0.25, 0.3) is 0 Å². The fraction of sp³-hybridized carbons (Fsp3) is 0.750. The van der Waals surface area contributed by atoms with Crippen molar-refractivity contribution in [2.45, 2.75) is 31.4 Å². The molecule has 0 radical (unpaired) electrons. The van der Waals surface area contributed by atoms with Crippen LogP contribution in [0.5, 0.6) is 0 Å². The highest BCUT2D eigenvalue weighted by atomic mass is 16.3. The minimum atomic E-state index is -0.488. The average Bonchev–Trinajstić information content (AvgIpc) is 2.09. The second kappa shape index (κ2) is 4.14. The molecule has 1 saturated carbocycles. The summed E-state index contributed by atoms with van der Waals surface area (Å²) in [6, 6.07) is -0.230. The smallest absolute Gasteiger partial charge is 0.0634 e. The van der Waals surface area contributed by atoms with Crippen molar-refractivity contribution < 1.29 is 5.11 Å². The SMILES string of the molecule is C=CC1CCC(N=[N+]=[N-])C(O)C1. The highest BCUT2D eigenvalue weighted by Crippen LogP contribution is 2.27. The molecular formula is C8H13N3O. The van der Waals surface area contributed by atoms with Crippen LogP contribution in [0.15, 0.2) is 17.8 Å². The van der Waals surface area contributed by atoms with Crippen LogP contribution in [-0.4, -0.2) is 17.3 Å². The Hall–Kier alpha value is -0.990. The molecule has 12 heavy (non-hydrogen) atoms. The van der Waals surface area contributed by atoms with Gasteiger partial charge in [-0.05, 0) is 30.7 Å². The van der Waals surface area contributed by atoms with Crippen molar-refractivity contribution >= 4 is 0 Å². The number of hydrogen-bond donors (Lipinski definition) is 1. The van der Waals surface area contributed by atoms with Gasteiger partial charge in [0.15, 0.2) is 0 Å². The molecule has 0 bridgehead atoms. The van der Waals surface area contributed by atoms with Gasteiger partial charge in [0.05, 0.1) is 12.1 Å². The minimum absolute atomic E-state index is 0.230. The molecule has 0 saturated heterocycles. The summed E-state index contributed by atoms with van der Waals surface area (Å²) in [5, 5.41) is 13.0. The Balaban J connectivity index is 2.52. The molecule has 1 aliphatic carbocycles. The first-order chi connectivity index (χ1) is 5.77. The highest BCUT2D eigenvalue weighted by Gasteiger charge is 2.26. The first-order valence-corrected chi connectivity index (χ1v) is 4.12. The van der Waals surface area contributed by atoms with E-state index in [4.69, 9.17) is 5.53 Å². The number of azide groups is 1. The summed E-state index contributed by atoms with van der Waals surface area (Å²) in [6.45, 7) is 3.68. The molecule has 0 spiro atoms. The third kappa shape index (κ3) is 2.00. The van der Waals surface area contributed by atoms with Crippen LogP contribution in [0, 0.1) is 5.92 Å². The first kappa shape index (κ1) is 9.10. The van der Waals surface area contributed by atoms with Crippen LogP contribution in [0.25, 0.3) is 10.4 Å². The molecule has 3 atom stereocenters. The number of nitrogens with zero attached hydrogens (tertiary/aromatic N) is 3. The predicted octanol–water partition coefficient (Wildman–Crippen LogP) is 2.01. The fourth-order valence-corrected chi connectivity index (χ4v) is 1.58. The second-order valence-electron chi connectivity index (χ2n) is 3.15. The molecule has 1 aliphatic rings. The van der Waals surface area contributed by atoms with Gasteiger partial charge in [0.2, 0.25) is 0 Å². The Morgan fingerprint density at radius 2 is 2.33 bits per heavy atom. The number of rotatable bonds is 2. The Bertz CT molecular complexity index is 210. The van der Waals surface area contributed by atoms with E-state index in [0.29, 0.717) is 12.3 Å². The number of aliphatic hydroxyl groups is 1. The van der Waals surface area contributed by atoms with Crippen molar-refractivity contribution in [1.29, 1.82) is 0 Å². The van der Waals surface area contributed by atoms with Gasteiger partial charge in [-0.3, -0.25) is 0 Å². The maximum absolute atomic E-state index is 9.49. The lowest BCUT2D eigenvalue weighted by atomic mass is 9.84. The van der Waals surface area contributed by atoms with Gasteiger partial charge >= 0.3 is 0 Å². The average molecular weight is 167 g/mol. The number of aliphatic hydroxyl groups excluding tert-OH is 1. The Labute approximate surface area is 71.5 Å². The van der Waals surface area contributed by atoms with Gasteiger partial charge in [-0.15, -0.1) is 6.58 Å². The van der Waals surface area contributed by atoms with Crippen molar-refractivity contribution in [2.75, 3.05) is 0 Å². The Morgan fingerprint density at radius 1 is 1.58 bits per heavy atom. The molecule has 0 aromatic carbocycles. The molecule has 66 valence electrons. The Kier molecular flexibility index (Phi) is 3.14. The monoisotopic (exact) mass is 167 g/mol. The van der Waals surface area contributed by atoms with E-state index in [1.54, 1.807) is 0 Å². The van der Waals surface area contributed by atoms with Crippen LogP contribution in [0.1, 0.15) is 19.3 Å². The van der Waals surface area contributed by atoms with E-state index in [2.05, 4.69) is 16.6 Å². The van der Waals surface area contributed by atoms with E-state index in [9.17, 15) is 5.11 Å². The van der Waals surface area contributed by atoms with Gasteiger partial charge in [-0.25, -0.2) is 0 Å². The van der Waals surface area contributed by atoms with Crippen LogP contribution in [0.4, 0.5) is 0 Å². The molecule has 0 aromatic heterocycles. The van der Waals surface area contributed by atoms with E-state index >= 15 is 0 Å². The molecule has 3 unspecified atom stereocenters. The van der Waals surface area contributed by atoms with Crippen molar-refractivity contribution in [1.82, 2.24) is 0 Å². The Morgan fingerprint density at radius 3 is 2.83 bits per heavy atom. The zero-order chi connectivity index (χ0) is 8.97. The summed E-state index contributed by atoms with van der Waals surface area (Å²) in [6.07, 6.45) is 3.77. The van der Waals surface area contributed by atoms with Crippen molar-refractivity contribution in [3.8, 4) is 0 Å². The zero-order valence-electron chi connectivity index (χ0n) is 6.93. The summed E-state index contributed by atoms with van der Waals surface area (Å²) in [5.74, 6) is 0.380. The third-order valence-corrected chi connectivity index (χ3v) is 2.35. The van der Waals surface area contributed by atoms with E-state index in [0.717, 1.165) is 12.8 Å². The zero-order valence-corrected chi connectivity index (χ0v) is 6.93. The minimum Gasteiger partial charge on any atom is -0.393 e. The molecular weight excluding hydrogens is 154 g/mol. The molecule has 0 aromatic rings. The van der Waals surface area contributed by atoms with Gasteiger partial charge < -0.3 is 5.11 Å². The lowest BCUT2D eigenvalue weighted by Crippen LogP contribution is -2.31.